The summed E-state index contributed by atoms with van der Waals surface area (Å²) in [5, 5.41) is 0. The van der Waals surface area contributed by atoms with E-state index >= 15 is 0 Å². The van der Waals surface area contributed by atoms with Gasteiger partial charge in [-0.2, -0.15) is 5.48 Å². The van der Waals surface area contributed by atoms with E-state index in [1.54, 1.807) is 13.3 Å². The van der Waals surface area contributed by atoms with Crippen molar-refractivity contribution in [2.24, 2.45) is 0 Å². The monoisotopic (exact) mass is 210 g/mol. The van der Waals surface area contributed by atoms with Gasteiger partial charge in [0.1, 0.15) is 0 Å². The van der Waals surface area contributed by atoms with Gasteiger partial charge in [0.2, 0.25) is 5.88 Å². The molecule has 4 nitrogen and oxygen atoms in total. The molecule has 0 radical (unpaired) electrons. The van der Waals surface area contributed by atoms with Gasteiger partial charge in [0.15, 0.2) is 0 Å². The van der Waals surface area contributed by atoms with Crippen molar-refractivity contribution in [1.82, 2.24) is 10.5 Å². The smallest absolute Gasteiger partial charge is 0.212 e. The summed E-state index contributed by atoms with van der Waals surface area (Å²) in [6.07, 6.45) is 1.76. The minimum atomic E-state index is -0.181. The summed E-state index contributed by atoms with van der Waals surface area (Å²) in [5.74, 6) is 0.621. The molecule has 0 aliphatic rings. The highest BCUT2D eigenvalue weighted by atomic mass is 16.7. The Hall–Kier alpha value is -1.13. The molecular weight excluding hydrogens is 192 g/mol. The number of methoxy groups -OCH3 is 1. The maximum absolute atomic E-state index is 5.38. The van der Waals surface area contributed by atoms with Gasteiger partial charge < -0.3 is 4.74 Å². The SMILES string of the molecule is COc1ccc(CNOC(C)(C)C)cn1. The Morgan fingerprint density at radius 3 is 2.53 bits per heavy atom. The highest BCUT2D eigenvalue weighted by molar-refractivity contribution is 5.17. The van der Waals surface area contributed by atoms with E-state index in [0.29, 0.717) is 12.4 Å². The molecule has 15 heavy (non-hydrogen) atoms. The number of nitrogens with one attached hydrogen (secondary N) is 1. The molecule has 1 heterocycles. The van der Waals surface area contributed by atoms with Crippen LogP contribution in [0.3, 0.4) is 0 Å². The van der Waals surface area contributed by atoms with E-state index in [2.05, 4.69) is 10.5 Å². The normalized spacial score (nSPS) is 11.5. The first-order chi connectivity index (χ1) is 7.01. The van der Waals surface area contributed by atoms with Crippen LogP contribution in [0.25, 0.3) is 0 Å². The second-order valence-electron chi connectivity index (χ2n) is 4.24. The van der Waals surface area contributed by atoms with E-state index in [1.165, 1.54) is 0 Å². The molecule has 4 heteroatoms. The zero-order valence-corrected chi connectivity index (χ0v) is 9.70. The summed E-state index contributed by atoms with van der Waals surface area (Å²) in [6.45, 7) is 6.61. The van der Waals surface area contributed by atoms with Crippen LogP contribution in [0, 0.1) is 0 Å². The summed E-state index contributed by atoms with van der Waals surface area (Å²) in [6, 6.07) is 3.78. The van der Waals surface area contributed by atoms with Gasteiger partial charge in [-0.05, 0) is 26.3 Å². The fourth-order valence-corrected chi connectivity index (χ4v) is 0.972. The minimum Gasteiger partial charge on any atom is -0.481 e. The molecule has 0 spiro atoms. The summed E-state index contributed by atoms with van der Waals surface area (Å²) in [5.41, 5.74) is 3.77. The topological polar surface area (TPSA) is 43.4 Å². The maximum Gasteiger partial charge on any atom is 0.212 e. The van der Waals surface area contributed by atoms with Gasteiger partial charge >= 0.3 is 0 Å². The fourth-order valence-electron chi connectivity index (χ4n) is 0.972. The van der Waals surface area contributed by atoms with Crippen molar-refractivity contribution in [2.45, 2.75) is 32.9 Å². The second kappa shape index (κ2) is 5.09. The molecule has 0 atom stereocenters. The molecule has 0 aliphatic carbocycles. The van der Waals surface area contributed by atoms with Crippen molar-refractivity contribution in [3.05, 3.63) is 23.9 Å². The zero-order chi connectivity index (χ0) is 11.3. The van der Waals surface area contributed by atoms with E-state index in [-0.39, 0.29) is 5.60 Å². The van der Waals surface area contributed by atoms with Crippen LogP contribution in [0.15, 0.2) is 18.3 Å². The summed E-state index contributed by atoms with van der Waals surface area (Å²) in [7, 11) is 1.60. The Balaban J connectivity index is 2.38. The Kier molecular flexibility index (Phi) is 4.05. The van der Waals surface area contributed by atoms with Gasteiger partial charge in [-0.25, -0.2) is 4.98 Å². The number of pyridine rings is 1. The lowest BCUT2D eigenvalue weighted by Crippen LogP contribution is -2.28. The molecule has 0 saturated carbocycles. The lowest BCUT2D eigenvalue weighted by atomic mass is 10.2. The van der Waals surface area contributed by atoms with Crippen molar-refractivity contribution >= 4 is 0 Å². The molecule has 1 N–H and O–H groups in total. The zero-order valence-electron chi connectivity index (χ0n) is 9.70. The first-order valence-electron chi connectivity index (χ1n) is 4.91. The van der Waals surface area contributed by atoms with Crippen molar-refractivity contribution in [2.75, 3.05) is 7.11 Å². The number of hydrogen-bond donors (Lipinski definition) is 1. The van der Waals surface area contributed by atoms with E-state index in [4.69, 9.17) is 9.57 Å². The first-order valence-corrected chi connectivity index (χ1v) is 4.91. The van der Waals surface area contributed by atoms with Crippen LogP contribution in [0.1, 0.15) is 26.3 Å². The van der Waals surface area contributed by atoms with Crippen LogP contribution in [-0.4, -0.2) is 17.7 Å². The van der Waals surface area contributed by atoms with Gasteiger partial charge in [0.25, 0.3) is 0 Å². The van der Waals surface area contributed by atoms with Gasteiger partial charge in [-0.3, -0.25) is 4.84 Å². The predicted molar refractivity (Wildman–Crippen MR) is 58.5 cm³/mol. The predicted octanol–water partition coefficient (Wildman–Crippen LogP) is 1.91. The number of rotatable bonds is 4. The number of hydroxylamine groups is 1. The molecule has 0 fully saturated rings. The highest BCUT2D eigenvalue weighted by Crippen LogP contribution is 2.08. The molecule has 1 aromatic heterocycles. The minimum absolute atomic E-state index is 0.181. The molecule has 0 bridgehead atoms. The molecule has 0 unspecified atom stereocenters. The Labute approximate surface area is 90.6 Å². The lowest BCUT2D eigenvalue weighted by molar-refractivity contribution is -0.0758. The molecule has 0 amide bonds. The van der Waals surface area contributed by atoms with Crippen LogP contribution >= 0.6 is 0 Å². The third-order valence-electron chi connectivity index (χ3n) is 1.66. The first kappa shape index (κ1) is 11.9. The van der Waals surface area contributed by atoms with E-state index in [1.807, 2.05) is 32.9 Å². The summed E-state index contributed by atoms with van der Waals surface area (Å²) in [4.78, 5) is 9.48. The highest BCUT2D eigenvalue weighted by Gasteiger charge is 2.09. The Bertz CT molecular complexity index is 290. The Morgan fingerprint density at radius 2 is 2.07 bits per heavy atom. The van der Waals surface area contributed by atoms with Crippen molar-refractivity contribution in [3.63, 3.8) is 0 Å². The molecule has 0 saturated heterocycles. The van der Waals surface area contributed by atoms with Gasteiger partial charge in [-0.15, -0.1) is 0 Å². The number of hydrogen-bond acceptors (Lipinski definition) is 4. The maximum atomic E-state index is 5.38. The standard InChI is InChI=1S/C11H18N2O2/c1-11(2,3)15-13-8-9-5-6-10(14-4)12-7-9/h5-7,13H,8H2,1-4H3. The van der Waals surface area contributed by atoms with Crippen molar-refractivity contribution < 1.29 is 9.57 Å². The van der Waals surface area contributed by atoms with Crippen molar-refractivity contribution in [3.8, 4) is 5.88 Å². The van der Waals surface area contributed by atoms with Gasteiger partial charge in [-0.1, -0.05) is 6.07 Å². The molecule has 1 aromatic rings. The second-order valence-corrected chi connectivity index (χ2v) is 4.24. The third-order valence-corrected chi connectivity index (χ3v) is 1.66. The van der Waals surface area contributed by atoms with Gasteiger partial charge in [0, 0.05) is 18.8 Å². The van der Waals surface area contributed by atoms with E-state index in [0.717, 1.165) is 5.56 Å². The summed E-state index contributed by atoms with van der Waals surface area (Å²) < 4.78 is 4.97. The molecule has 0 aliphatic heterocycles. The average Bonchev–Trinajstić information content (AvgIpc) is 2.17. The van der Waals surface area contributed by atoms with Crippen molar-refractivity contribution in [1.29, 1.82) is 0 Å². The van der Waals surface area contributed by atoms with Crippen LogP contribution in [0.5, 0.6) is 5.88 Å². The fraction of sp³-hybridized carbons (Fsp3) is 0.545. The third kappa shape index (κ3) is 4.76. The Morgan fingerprint density at radius 1 is 1.33 bits per heavy atom. The molecular formula is C11H18N2O2. The summed E-state index contributed by atoms with van der Waals surface area (Å²) >= 11 is 0. The van der Waals surface area contributed by atoms with Crippen LogP contribution in [0.2, 0.25) is 0 Å². The average molecular weight is 210 g/mol. The van der Waals surface area contributed by atoms with Gasteiger partial charge in [0.05, 0.1) is 12.7 Å². The molecule has 1 rings (SSSR count). The quantitative estimate of drug-likeness (QED) is 0.771. The van der Waals surface area contributed by atoms with Crippen LogP contribution in [-0.2, 0) is 11.4 Å². The van der Waals surface area contributed by atoms with E-state index in [9.17, 15) is 0 Å². The van der Waals surface area contributed by atoms with Crippen LogP contribution < -0.4 is 10.2 Å². The molecule has 0 aromatic carbocycles. The van der Waals surface area contributed by atoms with E-state index < -0.39 is 0 Å². The number of nitrogens with zero attached hydrogens (tertiary/aromatic N) is 1. The number of ether oxygens (including phenoxy) is 1. The number of aromatic nitrogens is 1. The largest absolute Gasteiger partial charge is 0.481 e. The lowest BCUT2D eigenvalue weighted by Gasteiger charge is -2.19. The van der Waals surface area contributed by atoms with Crippen LogP contribution in [0.4, 0.5) is 0 Å². The molecule has 84 valence electrons.